The molecule has 0 unspecified atom stereocenters. The SMILES string of the molecule is CC.CNC1CCCC1.[HH]. The van der Waals surface area contributed by atoms with Crippen LogP contribution in [0.2, 0.25) is 0 Å². The van der Waals surface area contributed by atoms with E-state index < -0.39 is 0 Å². The van der Waals surface area contributed by atoms with E-state index in [1.54, 1.807) is 0 Å². The lowest BCUT2D eigenvalue weighted by Gasteiger charge is -2.03. The maximum absolute atomic E-state index is 3.26. The minimum atomic E-state index is 0. The zero-order chi connectivity index (χ0) is 7.11. The summed E-state index contributed by atoms with van der Waals surface area (Å²) in [4.78, 5) is 0. The zero-order valence-electron chi connectivity index (χ0n) is 6.91. The second-order valence-electron chi connectivity index (χ2n) is 2.27. The molecule has 0 radical (unpaired) electrons. The van der Waals surface area contributed by atoms with E-state index in [2.05, 4.69) is 12.4 Å². The van der Waals surface area contributed by atoms with Gasteiger partial charge in [0.25, 0.3) is 0 Å². The fourth-order valence-corrected chi connectivity index (χ4v) is 1.21. The summed E-state index contributed by atoms with van der Waals surface area (Å²) < 4.78 is 0. The third kappa shape index (κ3) is 3.52. The molecule has 0 saturated heterocycles. The van der Waals surface area contributed by atoms with E-state index in [9.17, 15) is 0 Å². The Morgan fingerprint density at radius 1 is 1.22 bits per heavy atom. The van der Waals surface area contributed by atoms with E-state index in [0.29, 0.717) is 0 Å². The van der Waals surface area contributed by atoms with Crippen molar-refractivity contribution in [3.63, 3.8) is 0 Å². The predicted octanol–water partition coefficient (Wildman–Crippen LogP) is 2.42. The van der Waals surface area contributed by atoms with Crippen molar-refractivity contribution in [1.82, 2.24) is 5.32 Å². The summed E-state index contributed by atoms with van der Waals surface area (Å²) >= 11 is 0. The molecule has 9 heavy (non-hydrogen) atoms. The van der Waals surface area contributed by atoms with E-state index >= 15 is 0 Å². The number of hydrogen-bond donors (Lipinski definition) is 1. The van der Waals surface area contributed by atoms with Crippen LogP contribution in [0.15, 0.2) is 0 Å². The van der Waals surface area contributed by atoms with Gasteiger partial charge in [-0.3, -0.25) is 0 Å². The van der Waals surface area contributed by atoms with Crippen molar-refractivity contribution in [2.24, 2.45) is 0 Å². The molecule has 1 N–H and O–H groups in total. The van der Waals surface area contributed by atoms with Crippen molar-refractivity contribution in [2.45, 2.75) is 45.6 Å². The largest absolute Gasteiger partial charge is 0.317 e. The van der Waals surface area contributed by atoms with Gasteiger partial charge >= 0.3 is 0 Å². The molecule has 1 saturated carbocycles. The van der Waals surface area contributed by atoms with Gasteiger partial charge in [0, 0.05) is 7.47 Å². The van der Waals surface area contributed by atoms with Crippen LogP contribution in [-0.2, 0) is 0 Å². The van der Waals surface area contributed by atoms with Crippen LogP contribution in [-0.4, -0.2) is 13.1 Å². The first-order chi connectivity index (χ1) is 4.43. The highest BCUT2D eigenvalue weighted by Crippen LogP contribution is 2.16. The number of hydrogen-bond acceptors (Lipinski definition) is 1. The molecule has 0 bridgehead atoms. The summed E-state index contributed by atoms with van der Waals surface area (Å²) in [6.07, 6.45) is 5.67. The molecule has 1 nitrogen and oxygen atoms in total. The summed E-state index contributed by atoms with van der Waals surface area (Å²) in [5.41, 5.74) is 0. The van der Waals surface area contributed by atoms with Crippen molar-refractivity contribution >= 4 is 0 Å². The second kappa shape index (κ2) is 6.09. The molecule has 1 aliphatic carbocycles. The van der Waals surface area contributed by atoms with Crippen LogP contribution >= 0.6 is 0 Å². The quantitative estimate of drug-likeness (QED) is 0.576. The summed E-state index contributed by atoms with van der Waals surface area (Å²) in [6, 6.07) is 0.847. The van der Waals surface area contributed by atoms with Crippen LogP contribution < -0.4 is 5.32 Å². The molecule has 1 aliphatic rings. The minimum Gasteiger partial charge on any atom is -0.317 e. The van der Waals surface area contributed by atoms with Crippen molar-refractivity contribution in [1.29, 1.82) is 0 Å². The predicted molar refractivity (Wildman–Crippen MR) is 44.8 cm³/mol. The van der Waals surface area contributed by atoms with Crippen molar-refractivity contribution in [2.75, 3.05) is 7.05 Å². The van der Waals surface area contributed by atoms with Gasteiger partial charge in [-0.05, 0) is 19.9 Å². The Morgan fingerprint density at radius 3 is 1.89 bits per heavy atom. The monoisotopic (exact) mass is 131 g/mol. The Hall–Kier alpha value is -0.0400. The van der Waals surface area contributed by atoms with Crippen molar-refractivity contribution in [3.05, 3.63) is 0 Å². The standard InChI is InChI=1S/C6H13N.C2H6.H2/c1-7-6-4-2-3-5-6;1-2;/h6-7H,2-5H2,1H3;1-2H3;1H. The average Bonchev–Trinajstić information content (AvgIpc) is 2.43. The Bertz CT molecular complexity index is 51.2. The summed E-state index contributed by atoms with van der Waals surface area (Å²) in [6.45, 7) is 4.00. The fraction of sp³-hybridized carbons (Fsp3) is 1.00. The first-order valence-electron chi connectivity index (χ1n) is 4.11. The topological polar surface area (TPSA) is 12.0 Å². The molecule has 58 valence electrons. The van der Waals surface area contributed by atoms with Crippen LogP contribution in [0.1, 0.15) is 41.0 Å². The molecule has 0 heterocycles. The Balaban J connectivity index is 0. The smallest absolute Gasteiger partial charge is 0.00640 e. The number of rotatable bonds is 1. The molecule has 1 fully saturated rings. The van der Waals surface area contributed by atoms with E-state index in [-0.39, 0.29) is 1.43 Å². The summed E-state index contributed by atoms with van der Waals surface area (Å²) in [7, 11) is 2.05. The van der Waals surface area contributed by atoms with Gasteiger partial charge in [0.15, 0.2) is 0 Å². The van der Waals surface area contributed by atoms with Crippen molar-refractivity contribution in [3.8, 4) is 0 Å². The molecule has 0 aromatic heterocycles. The van der Waals surface area contributed by atoms with Gasteiger partial charge in [-0.15, -0.1) is 0 Å². The van der Waals surface area contributed by atoms with Crippen LogP contribution in [0.25, 0.3) is 0 Å². The molecule has 0 atom stereocenters. The molecule has 1 heteroatoms. The van der Waals surface area contributed by atoms with Gasteiger partial charge in [-0.2, -0.15) is 0 Å². The van der Waals surface area contributed by atoms with Gasteiger partial charge < -0.3 is 5.32 Å². The van der Waals surface area contributed by atoms with Gasteiger partial charge in [-0.25, -0.2) is 0 Å². The zero-order valence-corrected chi connectivity index (χ0v) is 6.91. The molecule has 1 rings (SSSR count). The van der Waals surface area contributed by atoms with Crippen LogP contribution in [0, 0.1) is 0 Å². The molecular weight excluding hydrogens is 110 g/mol. The molecule has 0 amide bonds. The Morgan fingerprint density at radius 2 is 1.67 bits per heavy atom. The highest BCUT2D eigenvalue weighted by molar-refractivity contribution is 4.70. The Labute approximate surface area is 60.3 Å². The van der Waals surface area contributed by atoms with Crippen molar-refractivity contribution < 1.29 is 1.43 Å². The molecule has 0 spiro atoms. The van der Waals surface area contributed by atoms with E-state index in [4.69, 9.17) is 0 Å². The summed E-state index contributed by atoms with van der Waals surface area (Å²) in [5.74, 6) is 0. The summed E-state index contributed by atoms with van der Waals surface area (Å²) in [5, 5.41) is 3.26. The van der Waals surface area contributed by atoms with Gasteiger partial charge in [0.05, 0.1) is 0 Å². The molecule has 0 aromatic rings. The van der Waals surface area contributed by atoms with Crippen LogP contribution in [0.3, 0.4) is 0 Å². The maximum Gasteiger partial charge on any atom is 0.00640 e. The second-order valence-corrected chi connectivity index (χ2v) is 2.27. The lowest BCUT2D eigenvalue weighted by atomic mass is 10.3. The third-order valence-corrected chi connectivity index (χ3v) is 1.76. The van der Waals surface area contributed by atoms with Gasteiger partial charge in [-0.1, -0.05) is 26.7 Å². The van der Waals surface area contributed by atoms with E-state index in [0.717, 1.165) is 6.04 Å². The van der Waals surface area contributed by atoms with Gasteiger partial charge in [0.2, 0.25) is 0 Å². The first-order valence-corrected chi connectivity index (χ1v) is 4.11. The Kier molecular flexibility index (Phi) is 6.06. The van der Waals surface area contributed by atoms with Crippen LogP contribution in [0.5, 0.6) is 0 Å². The van der Waals surface area contributed by atoms with E-state index in [1.165, 1.54) is 25.7 Å². The third-order valence-electron chi connectivity index (χ3n) is 1.76. The minimum absolute atomic E-state index is 0. The fourth-order valence-electron chi connectivity index (χ4n) is 1.21. The first kappa shape index (κ1) is 8.96. The number of nitrogens with one attached hydrogen (secondary N) is 1. The molecule has 0 aromatic carbocycles. The lowest BCUT2D eigenvalue weighted by Crippen LogP contribution is -2.20. The van der Waals surface area contributed by atoms with Gasteiger partial charge in [0.1, 0.15) is 0 Å². The molecular formula is C8H21N. The lowest BCUT2D eigenvalue weighted by molar-refractivity contribution is 0.582. The normalized spacial score (nSPS) is 19.0. The van der Waals surface area contributed by atoms with E-state index in [1.807, 2.05) is 13.8 Å². The average molecular weight is 131 g/mol. The molecule has 0 aliphatic heterocycles. The van der Waals surface area contributed by atoms with Crippen LogP contribution in [0.4, 0.5) is 0 Å². The highest BCUT2D eigenvalue weighted by Gasteiger charge is 2.10. The maximum atomic E-state index is 3.26. The highest BCUT2D eigenvalue weighted by atomic mass is 14.9.